The van der Waals surface area contributed by atoms with Crippen molar-refractivity contribution in [1.82, 2.24) is 5.32 Å². The van der Waals surface area contributed by atoms with Crippen molar-refractivity contribution in [3.05, 3.63) is 0 Å². The van der Waals surface area contributed by atoms with Gasteiger partial charge < -0.3 is 19.9 Å². The number of aliphatic hydroxyl groups excluding tert-OH is 1. The van der Waals surface area contributed by atoms with Crippen LogP contribution in [0.3, 0.4) is 0 Å². The molecular weight excluding hydrogens is 246 g/mol. The molecule has 5 nitrogen and oxygen atoms in total. The first-order chi connectivity index (χ1) is 9.10. The number of nitrogens with one attached hydrogen (secondary N) is 1. The van der Waals surface area contributed by atoms with Gasteiger partial charge in [-0.25, -0.2) is 0 Å². The zero-order valence-electron chi connectivity index (χ0n) is 11.7. The molecule has 0 bridgehead atoms. The van der Waals surface area contributed by atoms with Crippen LogP contribution in [0.4, 0.5) is 0 Å². The lowest BCUT2D eigenvalue weighted by Crippen LogP contribution is -2.52. The summed E-state index contributed by atoms with van der Waals surface area (Å²) in [6, 6.07) is 0. The van der Waals surface area contributed by atoms with Crippen molar-refractivity contribution in [2.45, 2.75) is 44.6 Å². The molecule has 2 rings (SSSR count). The Balaban J connectivity index is 1.87. The van der Waals surface area contributed by atoms with Gasteiger partial charge in [0.15, 0.2) is 0 Å². The van der Waals surface area contributed by atoms with E-state index in [0.717, 1.165) is 32.1 Å². The third-order valence-electron chi connectivity index (χ3n) is 4.46. The van der Waals surface area contributed by atoms with Gasteiger partial charge in [0, 0.05) is 31.8 Å². The zero-order valence-corrected chi connectivity index (χ0v) is 11.7. The minimum absolute atomic E-state index is 0.0495. The van der Waals surface area contributed by atoms with Crippen LogP contribution >= 0.6 is 0 Å². The Kier molecular flexibility index (Phi) is 4.81. The molecule has 0 spiro atoms. The van der Waals surface area contributed by atoms with E-state index in [9.17, 15) is 9.90 Å². The quantitative estimate of drug-likeness (QED) is 0.795. The maximum Gasteiger partial charge on any atom is 0.251 e. The number of carbonyl (C=O) groups is 1. The highest BCUT2D eigenvalue weighted by Crippen LogP contribution is 2.30. The monoisotopic (exact) mass is 271 g/mol. The smallest absolute Gasteiger partial charge is 0.251 e. The SMILES string of the molecule is C[C@@]1(C(=O)NCC2(CO)CCOCC2)CCCCO1. The molecule has 0 aromatic heterocycles. The van der Waals surface area contributed by atoms with Gasteiger partial charge in [-0.15, -0.1) is 0 Å². The minimum atomic E-state index is -0.694. The maximum absolute atomic E-state index is 12.3. The van der Waals surface area contributed by atoms with Crippen molar-refractivity contribution in [3.8, 4) is 0 Å². The van der Waals surface area contributed by atoms with E-state index in [0.29, 0.717) is 26.4 Å². The van der Waals surface area contributed by atoms with E-state index in [2.05, 4.69) is 5.32 Å². The van der Waals surface area contributed by atoms with E-state index in [1.807, 2.05) is 6.92 Å². The third-order valence-corrected chi connectivity index (χ3v) is 4.46. The van der Waals surface area contributed by atoms with Crippen molar-refractivity contribution in [3.63, 3.8) is 0 Å². The van der Waals surface area contributed by atoms with Crippen LogP contribution in [0, 0.1) is 5.41 Å². The number of ether oxygens (including phenoxy) is 2. The van der Waals surface area contributed by atoms with Gasteiger partial charge in [-0.1, -0.05) is 0 Å². The normalized spacial score (nSPS) is 30.8. The molecule has 1 atom stereocenters. The predicted octanol–water partition coefficient (Wildman–Crippen LogP) is 0.851. The Morgan fingerprint density at radius 1 is 1.21 bits per heavy atom. The highest BCUT2D eigenvalue weighted by molar-refractivity contribution is 5.84. The van der Waals surface area contributed by atoms with Crippen molar-refractivity contribution in [2.75, 3.05) is 33.0 Å². The van der Waals surface area contributed by atoms with Gasteiger partial charge >= 0.3 is 0 Å². The molecule has 0 saturated carbocycles. The van der Waals surface area contributed by atoms with Crippen LogP contribution in [0.15, 0.2) is 0 Å². The largest absolute Gasteiger partial charge is 0.396 e. The summed E-state index contributed by atoms with van der Waals surface area (Å²) < 4.78 is 11.0. The second-order valence-corrected chi connectivity index (χ2v) is 5.99. The first-order valence-electron chi connectivity index (χ1n) is 7.21. The molecular formula is C14H25NO4. The molecule has 0 aliphatic carbocycles. The lowest BCUT2D eigenvalue weighted by Gasteiger charge is -2.38. The molecule has 2 N–H and O–H groups in total. The summed E-state index contributed by atoms with van der Waals surface area (Å²) in [5, 5.41) is 12.6. The van der Waals surface area contributed by atoms with Gasteiger partial charge in [-0.05, 0) is 39.0 Å². The van der Waals surface area contributed by atoms with E-state index < -0.39 is 5.60 Å². The Hall–Kier alpha value is -0.650. The molecule has 110 valence electrons. The first kappa shape index (κ1) is 14.8. The topological polar surface area (TPSA) is 67.8 Å². The molecule has 0 unspecified atom stereocenters. The van der Waals surface area contributed by atoms with Crippen LogP contribution in [0.25, 0.3) is 0 Å². The molecule has 19 heavy (non-hydrogen) atoms. The fourth-order valence-electron chi connectivity index (χ4n) is 2.76. The van der Waals surface area contributed by atoms with Crippen LogP contribution in [0.2, 0.25) is 0 Å². The Bertz CT molecular complexity index is 307. The van der Waals surface area contributed by atoms with Gasteiger partial charge in [0.1, 0.15) is 5.60 Å². The van der Waals surface area contributed by atoms with E-state index in [-0.39, 0.29) is 17.9 Å². The number of rotatable bonds is 4. The van der Waals surface area contributed by atoms with Crippen LogP contribution in [0.5, 0.6) is 0 Å². The van der Waals surface area contributed by atoms with Crippen molar-refractivity contribution in [2.24, 2.45) is 5.41 Å². The van der Waals surface area contributed by atoms with Crippen LogP contribution < -0.4 is 5.32 Å². The first-order valence-corrected chi connectivity index (χ1v) is 7.21. The number of hydrogen-bond donors (Lipinski definition) is 2. The van der Waals surface area contributed by atoms with E-state index >= 15 is 0 Å². The van der Waals surface area contributed by atoms with Crippen LogP contribution in [0.1, 0.15) is 39.0 Å². The average molecular weight is 271 g/mol. The fourth-order valence-corrected chi connectivity index (χ4v) is 2.76. The van der Waals surface area contributed by atoms with Gasteiger partial charge in [0.05, 0.1) is 6.61 Å². The van der Waals surface area contributed by atoms with Gasteiger partial charge in [-0.3, -0.25) is 4.79 Å². The minimum Gasteiger partial charge on any atom is -0.396 e. The van der Waals surface area contributed by atoms with Crippen LogP contribution in [-0.4, -0.2) is 49.6 Å². The summed E-state index contributed by atoms with van der Waals surface area (Å²) in [7, 11) is 0. The number of hydrogen-bond acceptors (Lipinski definition) is 4. The molecule has 0 radical (unpaired) electrons. The Morgan fingerprint density at radius 3 is 2.53 bits per heavy atom. The number of carbonyl (C=O) groups excluding carboxylic acids is 1. The Labute approximate surface area is 114 Å². The summed E-state index contributed by atoms with van der Waals surface area (Å²) in [4.78, 5) is 12.3. The standard InChI is InChI=1S/C14H25NO4/c1-13(4-2-3-7-19-13)12(17)15-10-14(11-16)5-8-18-9-6-14/h16H,2-11H2,1H3,(H,15,17)/t13-/m0/s1. The van der Waals surface area contributed by atoms with Gasteiger partial charge in [-0.2, -0.15) is 0 Å². The maximum atomic E-state index is 12.3. The second kappa shape index (κ2) is 6.20. The summed E-state index contributed by atoms with van der Waals surface area (Å²) in [5.41, 5.74) is -0.918. The second-order valence-electron chi connectivity index (χ2n) is 5.99. The summed E-state index contributed by atoms with van der Waals surface area (Å²) in [5.74, 6) is -0.0495. The summed E-state index contributed by atoms with van der Waals surface area (Å²) in [6.07, 6.45) is 4.42. The molecule has 0 aromatic carbocycles. The lowest BCUT2D eigenvalue weighted by atomic mass is 9.80. The zero-order chi connectivity index (χ0) is 13.8. The molecule has 2 heterocycles. The lowest BCUT2D eigenvalue weighted by molar-refractivity contribution is -0.151. The predicted molar refractivity (Wildman–Crippen MR) is 70.8 cm³/mol. The molecule has 1 amide bonds. The number of amides is 1. The number of aliphatic hydroxyl groups is 1. The molecule has 2 aliphatic heterocycles. The molecule has 0 aromatic rings. The van der Waals surface area contributed by atoms with Crippen molar-refractivity contribution >= 4 is 5.91 Å². The van der Waals surface area contributed by atoms with Crippen LogP contribution in [-0.2, 0) is 14.3 Å². The molecule has 5 heteroatoms. The average Bonchev–Trinajstić information content (AvgIpc) is 2.46. The van der Waals surface area contributed by atoms with E-state index in [4.69, 9.17) is 9.47 Å². The van der Waals surface area contributed by atoms with E-state index in [1.165, 1.54) is 0 Å². The summed E-state index contributed by atoms with van der Waals surface area (Å²) >= 11 is 0. The molecule has 2 fully saturated rings. The Morgan fingerprint density at radius 2 is 1.95 bits per heavy atom. The van der Waals surface area contributed by atoms with Gasteiger partial charge in [0.2, 0.25) is 0 Å². The van der Waals surface area contributed by atoms with E-state index in [1.54, 1.807) is 0 Å². The van der Waals surface area contributed by atoms with Crippen molar-refractivity contribution in [1.29, 1.82) is 0 Å². The third kappa shape index (κ3) is 3.46. The highest BCUT2D eigenvalue weighted by Gasteiger charge is 2.38. The fraction of sp³-hybridized carbons (Fsp3) is 0.929. The highest BCUT2D eigenvalue weighted by atomic mass is 16.5. The molecule has 2 aliphatic rings. The van der Waals surface area contributed by atoms with Gasteiger partial charge in [0.25, 0.3) is 5.91 Å². The summed E-state index contributed by atoms with van der Waals surface area (Å²) in [6.45, 7) is 4.42. The van der Waals surface area contributed by atoms with Crippen molar-refractivity contribution < 1.29 is 19.4 Å². The molecule has 2 saturated heterocycles.